The third kappa shape index (κ3) is 4.37. The van der Waals surface area contributed by atoms with Crippen LogP contribution in [-0.2, 0) is 4.84 Å². The molecular weight excluding hydrogens is 183 g/mol. The lowest BCUT2D eigenvalue weighted by Gasteiger charge is -2.45. The summed E-state index contributed by atoms with van der Waals surface area (Å²) < 4.78 is 0. The zero-order valence-corrected chi connectivity index (χ0v) is 9.83. The van der Waals surface area contributed by atoms with Crippen LogP contribution in [0.5, 0.6) is 0 Å². The Balaban J connectivity index is 1.85. The molecular formula is C9H21N2OP. The van der Waals surface area contributed by atoms with Crippen LogP contribution in [0.3, 0.4) is 0 Å². The highest BCUT2D eigenvalue weighted by atomic mass is 31.0. The van der Waals surface area contributed by atoms with Crippen molar-refractivity contribution in [2.75, 3.05) is 32.8 Å². The van der Waals surface area contributed by atoms with Gasteiger partial charge in [0.25, 0.3) is 0 Å². The molecule has 0 bridgehead atoms. The monoisotopic (exact) mass is 204 g/mol. The number of nitrogens with zero attached hydrogens (tertiary/aromatic N) is 1. The molecule has 1 fully saturated rings. The van der Waals surface area contributed by atoms with E-state index in [4.69, 9.17) is 4.84 Å². The lowest BCUT2D eigenvalue weighted by molar-refractivity contribution is 0.0101. The van der Waals surface area contributed by atoms with Gasteiger partial charge < -0.3 is 4.84 Å². The first-order valence-corrected chi connectivity index (χ1v) is 5.58. The van der Waals surface area contributed by atoms with E-state index >= 15 is 0 Å². The molecule has 0 spiro atoms. The number of rotatable bonds is 6. The molecule has 1 heterocycles. The maximum atomic E-state index is 5.25. The molecule has 1 aliphatic rings. The van der Waals surface area contributed by atoms with Crippen molar-refractivity contribution in [3.8, 4) is 0 Å². The molecule has 1 rings (SSSR count). The van der Waals surface area contributed by atoms with Gasteiger partial charge in [-0.05, 0) is 6.42 Å². The van der Waals surface area contributed by atoms with Crippen molar-refractivity contribution in [3.05, 3.63) is 0 Å². The molecule has 0 aromatic heterocycles. The highest BCUT2D eigenvalue weighted by molar-refractivity contribution is 7.19. The van der Waals surface area contributed by atoms with E-state index in [1.165, 1.54) is 13.1 Å². The van der Waals surface area contributed by atoms with Crippen LogP contribution in [0.2, 0.25) is 0 Å². The molecule has 4 heteroatoms. The summed E-state index contributed by atoms with van der Waals surface area (Å²) in [6.45, 7) is 9.53. The van der Waals surface area contributed by atoms with E-state index in [0.717, 1.165) is 26.1 Å². The van der Waals surface area contributed by atoms with Gasteiger partial charge in [0.1, 0.15) is 0 Å². The van der Waals surface area contributed by atoms with Crippen molar-refractivity contribution in [2.24, 2.45) is 0 Å². The van der Waals surface area contributed by atoms with E-state index in [0.29, 0.717) is 5.16 Å². The SMILES string of the molecule is CCCNOCCN1CC(C)(P)C1. The van der Waals surface area contributed by atoms with Gasteiger partial charge in [-0.1, -0.05) is 13.8 Å². The van der Waals surface area contributed by atoms with E-state index in [1.807, 2.05) is 0 Å². The summed E-state index contributed by atoms with van der Waals surface area (Å²) in [5.41, 5.74) is 2.93. The van der Waals surface area contributed by atoms with Gasteiger partial charge in [0.15, 0.2) is 0 Å². The van der Waals surface area contributed by atoms with Crippen LogP contribution in [0, 0.1) is 0 Å². The van der Waals surface area contributed by atoms with E-state index in [-0.39, 0.29) is 0 Å². The Labute approximate surface area is 83.4 Å². The third-order valence-corrected chi connectivity index (χ3v) is 2.50. The molecule has 78 valence electrons. The second-order valence-electron chi connectivity index (χ2n) is 4.11. The van der Waals surface area contributed by atoms with Gasteiger partial charge in [0.05, 0.1) is 6.61 Å². The number of hydrogen-bond donors (Lipinski definition) is 1. The van der Waals surface area contributed by atoms with E-state index in [2.05, 4.69) is 33.5 Å². The average Bonchev–Trinajstić information content (AvgIpc) is 2.00. The van der Waals surface area contributed by atoms with Gasteiger partial charge in [-0.2, -0.15) is 0 Å². The lowest BCUT2D eigenvalue weighted by Crippen LogP contribution is -2.56. The molecule has 1 aliphatic heterocycles. The summed E-state index contributed by atoms with van der Waals surface area (Å²) in [5.74, 6) is 0. The van der Waals surface area contributed by atoms with Crippen molar-refractivity contribution < 1.29 is 4.84 Å². The quantitative estimate of drug-likeness (QED) is 0.394. The maximum Gasteiger partial charge on any atom is 0.0809 e. The largest absolute Gasteiger partial charge is 0.300 e. The molecule has 0 aromatic rings. The number of nitrogens with one attached hydrogen (secondary N) is 1. The van der Waals surface area contributed by atoms with Gasteiger partial charge in [0, 0.05) is 31.3 Å². The summed E-state index contributed by atoms with van der Waals surface area (Å²) in [7, 11) is 2.90. The molecule has 1 unspecified atom stereocenters. The highest BCUT2D eigenvalue weighted by Gasteiger charge is 2.33. The van der Waals surface area contributed by atoms with Gasteiger partial charge in [0.2, 0.25) is 0 Å². The topological polar surface area (TPSA) is 24.5 Å². The Hall–Kier alpha value is 0.310. The van der Waals surface area contributed by atoms with Crippen molar-refractivity contribution >= 4 is 9.24 Å². The fraction of sp³-hybridized carbons (Fsp3) is 1.00. The van der Waals surface area contributed by atoms with Crippen LogP contribution in [0.15, 0.2) is 0 Å². The Morgan fingerprint density at radius 3 is 2.77 bits per heavy atom. The molecule has 1 N–H and O–H groups in total. The molecule has 1 saturated heterocycles. The van der Waals surface area contributed by atoms with Crippen LogP contribution in [0.4, 0.5) is 0 Å². The van der Waals surface area contributed by atoms with Crippen LogP contribution in [-0.4, -0.2) is 42.8 Å². The molecule has 0 saturated carbocycles. The second-order valence-corrected chi connectivity index (χ2v) is 5.50. The first kappa shape index (κ1) is 11.4. The van der Waals surface area contributed by atoms with Gasteiger partial charge >= 0.3 is 0 Å². The van der Waals surface area contributed by atoms with Gasteiger partial charge in [-0.3, -0.25) is 4.90 Å². The predicted molar refractivity (Wildman–Crippen MR) is 58.8 cm³/mol. The lowest BCUT2D eigenvalue weighted by atomic mass is 10.0. The fourth-order valence-electron chi connectivity index (χ4n) is 1.55. The van der Waals surface area contributed by atoms with Crippen LogP contribution in [0.1, 0.15) is 20.3 Å². The van der Waals surface area contributed by atoms with Crippen LogP contribution >= 0.6 is 9.24 Å². The Kier molecular flexibility index (Phi) is 4.60. The van der Waals surface area contributed by atoms with Crippen LogP contribution in [0.25, 0.3) is 0 Å². The molecule has 1 atom stereocenters. The van der Waals surface area contributed by atoms with E-state index < -0.39 is 0 Å². The molecule has 13 heavy (non-hydrogen) atoms. The molecule has 0 aliphatic carbocycles. The van der Waals surface area contributed by atoms with E-state index in [1.54, 1.807) is 0 Å². The standard InChI is InChI=1S/C9H21N2OP/c1-3-4-10-12-6-5-11-7-9(2,13)8-11/h10H,3-8,13H2,1-2H3. The van der Waals surface area contributed by atoms with Crippen molar-refractivity contribution in [1.82, 2.24) is 10.4 Å². The Morgan fingerprint density at radius 2 is 2.23 bits per heavy atom. The predicted octanol–water partition coefficient (Wildman–Crippen LogP) is 0.867. The Bertz CT molecular complexity index is 145. The third-order valence-electron chi connectivity index (χ3n) is 2.13. The first-order valence-electron chi connectivity index (χ1n) is 5.00. The van der Waals surface area contributed by atoms with Crippen molar-refractivity contribution in [2.45, 2.75) is 25.4 Å². The molecule has 0 aromatic carbocycles. The normalized spacial score (nSPS) is 21.5. The number of hydrogen-bond acceptors (Lipinski definition) is 3. The van der Waals surface area contributed by atoms with Crippen molar-refractivity contribution in [3.63, 3.8) is 0 Å². The molecule has 0 amide bonds. The van der Waals surface area contributed by atoms with Crippen LogP contribution < -0.4 is 5.48 Å². The highest BCUT2D eigenvalue weighted by Crippen LogP contribution is 2.28. The van der Waals surface area contributed by atoms with Gasteiger partial charge in [-0.15, -0.1) is 9.24 Å². The first-order chi connectivity index (χ1) is 6.14. The zero-order chi connectivity index (χ0) is 9.73. The summed E-state index contributed by atoms with van der Waals surface area (Å²) in [6.07, 6.45) is 1.12. The van der Waals surface area contributed by atoms with Crippen molar-refractivity contribution in [1.29, 1.82) is 0 Å². The fourth-order valence-corrected chi connectivity index (χ4v) is 2.07. The molecule has 0 radical (unpaired) electrons. The minimum Gasteiger partial charge on any atom is -0.300 e. The zero-order valence-electron chi connectivity index (χ0n) is 8.68. The van der Waals surface area contributed by atoms with Gasteiger partial charge in [-0.25, -0.2) is 5.48 Å². The smallest absolute Gasteiger partial charge is 0.0809 e. The average molecular weight is 204 g/mol. The Morgan fingerprint density at radius 1 is 1.54 bits per heavy atom. The maximum absolute atomic E-state index is 5.25. The second kappa shape index (κ2) is 5.26. The summed E-state index contributed by atoms with van der Waals surface area (Å²) in [4.78, 5) is 7.65. The summed E-state index contributed by atoms with van der Waals surface area (Å²) >= 11 is 0. The molecule has 3 nitrogen and oxygen atoms in total. The minimum absolute atomic E-state index is 0.455. The minimum atomic E-state index is 0.455. The number of hydroxylamine groups is 1. The summed E-state index contributed by atoms with van der Waals surface area (Å²) in [6, 6.07) is 0. The van der Waals surface area contributed by atoms with E-state index in [9.17, 15) is 0 Å². The summed E-state index contributed by atoms with van der Waals surface area (Å²) in [5, 5.41) is 0.455. The number of likely N-dealkylation sites (tertiary alicyclic amines) is 1.